The zero-order valence-electron chi connectivity index (χ0n) is 14.7. The molecule has 0 N–H and O–H groups in total. The van der Waals surface area contributed by atoms with Crippen LogP contribution in [0.1, 0.15) is 30.8 Å². The van der Waals surface area contributed by atoms with Gasteiger partial charge in [0.15, 0.2) is 5.82 Å². The molecule has 6 heteroatoms. The lowest BCUT2D eigenvalue weighted by Gasteiger charge is -2.33. The van der Waals surface area contributed by atoms with Crippen LogP contribution in [0.2, 0.25) is 0 Å². The first-order valence-electron chi connectivity index (χ1n) is 8.91. The predicted octanol–water partition coefficient (Wildman–Crippen LogP) is 2.88. The molecule has 0 aliphatic carbocycles. The predicted molar refractivity (Wildman–Crippen MR) is 98.1 cm³/mol. The highest BCUT2D eigenvalue weighted by atomic mass is 16.2. The lowest BCUT2D eigenvalue weighted by Crippen LogP contribution is -2.41. The summed E-state index contributed by atoms with van der Waals surface area (Å²) in [5.41, 5.74) is 2.08. The Balaban J connectivity index is 1.48. The van der Waals surface area contributed by atoms with E-state index < -0.39 is 0 Å². The standard InChI is InChI=1S/C20H21N5O/c1-15-20-22-19(17-7-3-2-4-8-17)23-25(20)13-12-24(15)18(26)10-9-16-6-5-11-21-14-16/h2-8,11,14-15H,9-10,12-13H2,1H3/t15-/m0/s1. The monoisotopic (exact) mass is 347 g/mol. The summed E-state index contributed by atoms with van der Waals surface area (Å²) in [5, 5.41) is 4.62. The minimum absolute atomic E-state index is 0.0740. The maximum absolute atomic E-state index is 12.7. The second-order valence-electron chi connectivity index (χ2n) is 6.51. The topological polar surface area (TPSA) is 63.9 Å². The van der Waals surface area contributed by atoms with Gasteiger partial charge in [0.05, 0.1) is 12.6 Å². The number of amides is 1. The van der Waals surface area contributed by atoms with Crippen LogP contribution in [0.15, 0.2) is 54.9 Å². The molecular weight excluding hydrogens is 326 g/mol. The molecule has 26 heavy (non-hydrogen) atoms. The Kier molecular flexibility index (Phi) is 4.48. The number of hydrogen-bond donors (Lipinski definition) is 0. The summed E-state index contributed by atoms with van der Waals surface area (Å²) in [5.74, 6) is 1.72. The Morgan fingerprint density at radius 2 is 2.00 bits per heavy atom. The van der Waals surface area contributed by atoms with E-state index in [9.17, 15) is 4.79 Å². The third-order valence-electron chi connectivity index (χ3n) is 4.80. The number of carbonyl (C=O) groups excluding carboxylic acids is 1. The van der Waals surface area contributed by atoms with Gasteiger partial charge in [0.2, 0.25) is 5.91 Å². The summed E-state index contributed by atoms with van der Waals surface area (Å²) < 4.78 is 1.93. The molecule has 4 rings (SSSR count). The number of fused-ring (bicyclic) bond motifs is 1. The number of nitrogens with zero attached hydrogens (tertiary/aromatic N) is 5. The highest BCUT2D eigenvalue weighted by molar-refractivity contribution is 5.77. The first kappa shape index (κ1) is 16.4. The number of aromatic nitrogens is 4. The van der Waals surface area contributed by atoms with Crippen molar-refractivity contribution < 1.29 is 4.79 Å². The average molecular weight is 347 g/mol. The summed E-state index contributed by atoms with van der Waals surface area (Å²) in [6.45, 7) is 3.37. The Bertz CT molecular complexity index is 891. The van der Waals surface area contributed by atoms with Crippen LogP contribution in [0.3, 0.4) is 0 Å². The summed E-state index contributed by atoms with van der Waals surface area (Å²) >= 11 is 0. The molecule has 0 saturated carbocycles. The van der Waals surface area contributed by atoms with Gasteiger partial charge in [-0.25, -0.2) is 9.67 Å². The Hall–Kier alpha value is -3.02. The third-order valence-corrected chi connectivity index (χ3v) is 4.80. The van der Waals surface area contributed by atoms with Crippen LogP contribution >= 0.6 is 0 Å². The largest absolute Gasteiger partial charge is 0.331 e. The fraction of sp³-hybridized carbons (Fsp3) is 0.300. The van der Waals surface area contributed by atoms with Gasteiger partial charge in [-0.05, 0) is 25.0 Å². The fourth-order valence-corrected chi connectivity index (χ4v) is 3.35. The van der Waals surface area contributed by atoms with Gasteiger partial charge in [-0.1, -0.05) is 36.4 Å². The lowest BCUT2D eigenvalue weighted by atomic mass is 10.1. The van der Waals surface area contributed by atoms with Crippen molar-refractivity contribution in [3.05, 3.63) is 66.2 Å². The molecule has 0 bridgehead atoms. The van der Waals surface area contributed by atoms with Crippen LogP contribution in [0.4, 0.5) is 0 Å². The van der Waals surface area contributed by atoms with Gasteiger partial charge >= 0.3 is 0 Å². The van der Waals surface area contributed by atoms with Crippen LogP contribution in [-0.2, 0) is 17.8 Å². The van der Waals surface area contributed by atoms with Crippen molar-refractivity contribution in [3.63, 3.8) is 0 Å². The molecule has 1 atom stereocenters. The number of benzene rings is 1. The molecule has 0 saturated heterocycles. The van der Waals surface area contributed by atoms with Crippen LogP contribution < -0.4 is 0 Å². The van der Waals surface area contributed by atoms with Crippen LogP contribution in [0.25, 0.3) is 11.4 Å². The van der Waals surface area contributed by atoms with Crippen molar-refractivity contribution in [3.8, 4) is 11.4 Å². The van der Waals surface area contributed by atoms with Gasteiger partial charge in [-0.3, -0.25) is 9.78 Å². The first-order valence-corrected chi connectivity index (χ1v) is 8.91. The minimum Gasteiger partial charge on any atom is -0.331 e. The number of pyridine rings is 1. The van der Waals surface area contributed by atoms with E-state index >= 15 is 0 Å². The molecule has 1 aromatic carbocycles. The van der Waals surface area contributed by atoms with Gasteiger partial charge in [-0.15, -0.1) is 0 Å². The summed E-state index contributed by atoms with van der Waals surface area (Å²) in [6, 6.07) is 13.8. The minimum atomic E-state index is -0.0740. The van der Waals surface area contributed by atoms with Gasteiger partial charge in [0.25, 0.3) is 0 Å². The number of hydrogen-bond acceptors (Lipinski definition) is 4. The van der Waals surface area contributed by atoms with Gasteiger partial charge in [0.1, 0.15) is 5.82 Å². The van der Waals surface area contributed by atoms with E-state index in [1.165, 1.54) is 0 Å². The molecule has 3 aromatic rings. The second kappa shape index (κ2) is 7.07. The molecule has 0 fully saturated rings. The van der Waals surface area contributed by atoms with E-state index in [2.05, 4.69) is 10.1 Å². The second-order valence-corrected chi connectivity index (χ2v) is 6.51. The average Bonchev–Trinajstić information content (AvgIpc) is 3.13. The molecule has 2 aromatic heterocycles. The zero-order chi connectivity index (χ0) is 17.9. The zero-order valence-corrected chi connectivity index (χ0v) is 14.7. The van der Waals surface area contributed by atoms with Gasteiger partial charge < -0.3 is 4.90 Å². The van der Waals surface area contributed by atoms with Crippen LogP contribution in [-0.4, -0.2) is 37.1 Å². The Labute approximate surface area is 152 Å². The first-order chi connectivity index (χ1) is 12.7. The highest BCUT2D eigenvalue weighted by Gasteiger charge is 2.30. The highest BCUT2D eigenvalue weighted by Crippen LogP contribution is 2.26. The summed E-state index contributed by atoms with van der Waals surface area (Å²) in [6.07, 6.45) is 4.75. The molecule has 1 amide bonds. The normalized spacial score (nSPS) is 16.3. The molecule has 0 radical (unpaired) electrons. The van der Waals surface area contributed by atoms with Crippen molar-refractivity contribution in [1.29, 1.82) is 0 Å². The molecule has 3 heterocycles. The molecule has 6 nitrogen and oxygen atoms in total. The number of carbonyl (C=O) groups is 1. The molecule has 0 unspecified atom stereocenters. The van der Waals surface area contributed by atoms with E-state index in [-0.39, 0.29) is 11.9 Å². The van der Waals surface area contributed by atoms with Gasteiger partial charge in [-0.2, -0.15) is 5.10 Å². The molecule has 1 aliphatic rings. The summed E-state index contributed by atoms with van der Waals surface area (Å²) in [4.78, 5) is 23.4. The Morgan fingerprint density at radius 1 is 1.15 bits per heavy atom. The van der Waals surface area contributed by atoms with E-state index in [1.54, 1.807) is 6.20 Å². The van der Waals surface area contributed by atoms with E-state index in [4.69, 9.17) is 4.98 Å². The number of aryl methyl sites for hydroxylation is 1. The third kappa shape index (κ3) is 3.22. The summed E-state index contributed by atoms with van der Waals surface area (Å²) in [7, 11) is 0. The van der Waals surface area contributed by atoms with Crippen molar-refractivity contribution in [1.82, 2.24) is 24.6 Å². The van der Waals surface area contributed by atoms with E-state index in [1.807, 2.05) is 65.2 Å². The fourth-order valence-electron chi connectivity index (χ4n) is 3.35. The van der Waals surface area contributed by atoms with Crippen molar-refractivity contribution in [2.45, 2.75) is 32.4 Å². The molecule has 132 valence electrons. The maximum atomic E-state index is 12.7. The van der Waals surface area contributed by atoms with E-state index in [0.29, 0.717) is 25.9 Å². The van der Waals surface area contributed by atoms with Crippen LogP contribution in [0, 0.1) is 0 Å². The van der Waals surface area contributed by atoms with Crippen molar-refractivity contribution in [2.75, 3.05) is 6.54 Å². The van der Waals surface area contributed by atoms with E-state index in [0.717, 1.165) is 22.8 Å². The lowest BCUT2D eigenvalue weighted by molar-refractivity contribution is -0.134. The SMILES string of the molecule is C[C@H]1c2nc(-c3ccccc3)nn2CCN1C(=O)CCc1cccnc1. The quantitative estimate of drug-likeness (QED) is 0.728. The Morgan fingerprint density at radius 3 is 2.77 bits per heavy atom. The van der Waals surface area contributed by atoms with Crippen molar-refractivity contribution in [2.24, 2.45) is 0 Å². The molecule has 0 spiro atoms. The smallest absolute Gasteiger partial charge is 0.223 e. The molecule has 1 aliphatic heterocycles. The number of rotatable bonds is 4. The van der Waals surface area contributed by atoms with Crippen LogP contribution in [0.5, 0.6) is 0 Å². The van der Waals surface area contributed by atoms with Gasteiger partial charge in [0, 0.05) is 30.9 Å². The molecular formula is C20H21N5O. The van der Waals surface area contributed by atoms with Crippen molar-refractivity contribution >= 4 is 5.91 Å². The maximum Gasteiger partial charge on any atom is 0.223 e.